The Morgan fingerprint density at radius 3 is 2.81 bits per heavy atom. The molecule has 0 spiro atoms. The second kappa shape index (κ2) is 7.47. The number of methoxy groups -OCH3 is 2. The molecule has 10 heteroatoms. The van der Waals surface area contributed by atoms with Gasteiger partial charge in [-0.1, -0.05) is 11.3 Å². The van der Waals surface area contributed by atoms with Crippen LogP contribution in [0.15, 0.2) is 36.5 Å². The lowest BCUT2D eigenvalue weighted by molar-refractivity contribution is 0.0956. The molecule has 3 aromatic rings. The highest BCUT2D eigenvalue weighted by Gasteiger charge is 2.17. The molecule has 0 aliphatic heterocycles. The van der Waals surface area contributed by atoms with Crippen molar-refractivity contribution in [2.75, 3.05) is 19.6 Å². The van der Waals surface area contributed by atoms with Crippen LogP contribution in [-0.4, -0.2) is 45.1 Å². The fourth-order valence-electron chi connectivity index (χ4n) is 2.21. The number of aromatic nitrogens is 5. The third-order valence-electron chi connectivity index (χ3n) is 3.53. The maximum Gasteiger partial charge on any atom is 0.292 e. The van der Waals surface area contributed by atoms with Crippen LogP contribution in [0.4, 0.5) is 5.95 Å². The number of benzene rings is 1. The SMILES string of the molecule is COc1cccc(-n2nnc(C(=O)NNc3nccc(OC)n3)c2C)c1. The van der Waals surface area contributed by atoms with Crippen LogP contribution in [0.25, 0.3) is 5.69 Å². The Morgan fingerprint density at radius 2 is 2.04 bits per heavy atom. The number of nitrogens with zero attached hydrogens (tertiary/aromatic N) is 5. The summed E-state index contributed by atoms with van der Waals surface area (Å²) >= 11 is 0. The summed E-state index contributed by atoms with van der Waals surface area (Å²) in [6.07, 6.45) is 1.50. The van der Waals surface area contributed by atoms with Crippen molar-refractivity contribution in [1.82, 2.24) is 30.4 Å². The molecule has 3 rings (SSSR count). The summed E-state index contributed by atoms with van der Waals surface area (Å²) in [7, 11) is 3.07. The molecule has 0 fully saturated rings. The van der Waals surface area contributed by atoms with Crippen LogP contribution < -0.4 is 20.3 Å². The fraction of sp³-hybridized carbons (Fsp3) is 0.188. The number of carbonyl (C=O) groups excluding carboxylic acids is 1. The molecule has 134 valence electrons. The number of hydrogen-bond donors (Lipinski definition) is 2. The van der Waals surface area contributed by atoms with Crippen molar-refractivity contribution in [1.29, 1.82) is 0 Å². The van der Waals surface area contributed by atoms with Gasteiger partial charge in [0.05, 0.1) is 25.6 Å². The summed E-state index contributed by atoms with van der Waals surface area (Å²) in [6, 6.07) is 8.88. The minimum absolute atomic E-state index is 0.170. The van der Waals surface area contributed by atoms with E-state index < -0.39 is 5.91 Å². The molecule has 2 N–H and O–H groups in total. The molecule has 0 unspecified atom stereocenters. The van der Waals surface area contributed by atoms with Gasteiger partial charge in [-0.05, 0) is 19.1 Å². The normalized spacial score (nSPS) is 10.3. The lowest BCUT2D eigenvalue weighted by Crippen LogP contribution is -2.31. The zero-order valence-corrected chi connectivity index (χ0v) is 14.4. The average molecular weight is 355 g/mol. The molecule has 0 saturated carbocycles. The first kappa shape index (κ1) is 17.1. The van der Waals surface area contributed by atoms with Crippen molar-refractivity contribution in [3.8, 4) is 17.3 Å². The van der Waals surface area contributed by atoms with Gasteiger partial charge < -0.3 is 9.47 Å². The van der Waals surface area contributed by atoms with E-state index in [1.54, 1.807) is 30.8 Å². The molecule has 0 bridgehead atoms. The molecule has 10 nitrogen and oxygen atoms in total. The van der Waals surface area contributed by atoms with E-state index >= 15 is 0 Å². The molecular weight excluding hydrogens is 338 g/mol. The summed E-state index contributed by atoms with van der Waals surface area (Å²) in [5, 5.41) is 7.98. The first-order valence-corrected chi connectivity index (χ1v) is 7.62. The second-order valence-corrected chi connectivity index (χ2v) is 5.14. The van der Waals surface area contributed by atoms with Crippen molar-refractivity contribution in [3.63, 3.8) is 0 Å². The number of hydrazine groups is 1. The molecule has 1 aromatic carbocycles. The van der Waals surface area contributed by atoms with Crippen LogP contribution in [0.5, 0.6) is 11.6 Å². The maximum absolute atomic E-state index is 12.4. The van der Waals surface area contributed by atoms with Crippen LogP contribution >= 0.6 is 0 Å². The monoisotopic (exact) mass is 355 g/mol. The molecule has 0 saturated heterocycles. The Balaban J connectivity index is 1.75. The molecule has 0 aliphatic rings. The topological polar surface area (TPSA) is 116 Å². The van der Waals surface area contributed by atoms with Crippen LogP contribution in [-0.2, 0) is 0 Å². The van der Waals surface area contributed by atoms with E-state index in [0.717, 1.165) is 5.69 Å². The van der Waals surface area contributed by atoms with Gasteiger partial charge in [0.1, 0.15) is 5.75 Å². The van der Waals surface area contributed by atoms with E-state index in [2.05, 4.69) is 31.1 Å². The summed E-state index contributed by atoms with van der Waals surface area (Å²) in [5.74, 6) is 0.774. The van der Waals surface area contributed by atoms with Gasteiger partial charge in [-0.2, -0.15) is 4.98 Å². The van der Waals surface area contributed by atoms with Crippen LogP contribution in [0.2, 0.25) is 0 Å². The summed E-state index contributed by atoms with van der Waals surface area (Å²) < 4.78 is 11.8. The zero-order chi connectivity index (χ0) is 18.5. The highest BCUT2D eigenvalue weighted by Crippen LogP contribution is 2.18. The Bertz CT molecular complexity index is 926. The number of ether oxygens (including phenoxy) is 2. The van der Waals surface area contributed by atoms with E-state index in [1.165, 1.54) is 13.3 Å². The Morgan fingerprint density at radius 1 is 1.19 bits per heavy atom. The van der Waals surface area contributed by atoms with Crippen LogP contribution in [0.1, 0.15) is 16.2 Å². The summed E-state index contributed by atoms with van der Waals surface area (Å²) in [5.41, 5.74) is 6.57. The third-order valence-corrected chi connectivity index (χ3v) is 3.53. The summed E-state index contributed by atoms with van der Waals surface area (Å²) in [4.78, 5) is 20.4. The van der Waals surface area contributed by atoms with Crippen molar-refractivity contribution < 1.29 is 14.3 Å². The third kappa shape index (κ3) is 3.53. The van der Waals surface area contributed by atoms with Crippen LogP contribution in [0, 0.1) is 6.92 Å². The van der Waals surface area contributed by atoms with E-state index in [9.17, 15) is 4.79 Å². The van der Waals surface area contributed by atoms with Gasteiger partial charge in [0.25, 0.3) is 5.91 Å². The highest BCUT2D eigenvalue weighted by atomic mass is 16.5. The number of amides is 1. The number of carbonyl (C=O) groups is 1. The number of nitrogens with one attached hydrogen (secondary N) is 2. The van der Waals surface area contributed by atoms with E-state index in [1.807, 2.05) is 18.2 Å². The van der Waals surface area contributed by atoms with Gasteiger partial charge in [0.15, 0.2) is 5.69 Å². The lowest BCUT2D eigenvalue weighted by atomic mass is 10.2. The predicted octanol–water partition coefficient (Wildman–Crippen LogP) is 1.14. The first-order valence-electron chi connectivity index (χ1n) is 7.62. The van der Waals surface area contributed by atoms with Gasteiger partial charge in [-0.3, -0.25) is 15.6 Å². The number of rotatable bonds is 6. The van der Waals surface area contributed by atoms with E-state index in [-0.39, 0.29) is 11.6 Å². The Hall–Kier alpha value is -3.69. The fourth-order valence-corrected chi connectivity index (χ4v) is 2.21. The maximum atomic E-state index is 12.4. The largest absolute Gasteiger partial charge is 0.497 e. The molecule has 0 aliphatic carbocycles. The Kier molecular flexibility index (Phi) is 4.92. The smallest absolute Gasteiger partial charge is 0.292 e. The molecule has 1 amide bonds. The minimum Gasteiger partial charge on any atom is -0.497 e. The quantitative estimate of drug-likeness (QED) is 0.632. The van der Waals surface area contributed by atoms with Crippen molar-refractivity contribution in [2.45, 2.75) is 6.92 Å². The van der Waals surface area contributed by atoms with Crippen LogP contribution in [0.3, 0.4) is 0 Å². The van der Waals surface area contributed by atoms with Crippen molar-refractivity contribution in [2.24, 2.45) is 0 Å². The van der Waals surface area contributed by atoms with Gasteiger partial charge in [-0.25, -0.2) is 9.67 Å². The molecular formula is C16H17N7O3. The number of anilines is 1. The highest BCUT2D eigenvalue weighted by molar-refractivity contribution is 5.93. The summed E-state index contributed by atoms with van der Waals surface area (Å²) in [6.45, 7) is 1.75. The first-order chi connectivity index (χ1) is 12.6. The molecule has 0 radical (unpaired) electrons. The van der Waals surface area contributed by atoms with E-state index in [0.29, 0.717) is 17.3 Å². The molecule has 2 aromatic heterocycles. The van der Waals surface area contributed by atoms with E-state index in [4.69, 9.17) is 9.47 Å². The van der Waals surface area contributed by atoms with Crippen molar-refractivity contribution >= 4 is 11.9 Å². The van der Waals surface area contributed by atoms with Gasteiger partial charge in [-0.15, -0.1) is 5.10 Å². The standard InChI is InChI=1S/C16H17N7O3/c1-10-14(15(24)20-21-16-17-8-7-13(18-16)26-3)19-22-23(10)11-5-4-6-12(9-11)25-2/h4-9H,1-3H3,(H,20,24)(H,17,18,21). The molecule has 2 heterocycles. The second-order valence-electron chi connectivity index (χ2n) is 5.14. The molecule has 0 atom stereocenters. The minimum atomic E-state index is -0.469. The van der Waals surface area contributed by atoms with Gasteiger partial charge in [0, 0.05) is 18.3 Å². The molecule has 26 heavy (non-hydrogen) atoms. The number of hydrogen-bond acceptors (Lipinski definition) is 8. The predicted molar refractivity (Wildman–Crippen MR) is 92.3 cm³/mol. The lowest BCUT2D eigenvalue weighted by Gasteiger charge is -2.07. The van der Waals surface area contributed by atoms with Gasteiger partial charge in [0.2, 0.25) is 11.8 Å². The van der Waals surface area contributed by atoms with Crippen molar-refractivity contribution in [3.05, 3.63) is 47.9 Å². The van der Waals surface area contributed by atoms with Gasteiger partial charge >= 0.3 is 0 Å². The Labute approximate surface area is 149 Å². The zero-order valence-electron chi connectivity index (χ0n) is 14.4. The average Bonchev–Trinajstić information content (AvgIpc) is 3.07.